The van der Waals surface area contributed by atoms with Crippen LogP contribution in [0.1, 0.15) is 64.2 Å². The highest BCUT2D eigenvalue weighted by Gasteiger charge is 2.34. The van der Waals surface area contributed by atoms with Gasteiger partial charge in [-0.1, -0.05) is 12.8 Å². The van der Waals surface area contributed by atoms with E-state index in [1.165, 1.54) is 12.8 Å². The molecule has 2 aliphatic carbocycles. The van der Waals surface area contributed by atoms with Crippen molar-refractivity contribution in [3.05, 3.63) is 0 Å². The molecule has 2 rings (SSSR count). The van der Waals surface area contributed by atoms with Crippen LogP contribution in [-0.2, 0) is 0 Å². The summed E-state index contributed by atoms with van der Waals surface area (Å²) in [6.45, 7) is 0. The Kier molecular flexibility index (Phi) is 3.78. The first-order valence-corrected chi connectivity index (χ1v) is 6.82. The van der Waals surface area contributed by atoms with Gasteiger partial charge in [0.25, 0.3) is 0 Å². The summed E-state index contributed by atoms with van der Waals surface area (Å²) in [5.74, 6) is 0. The first-order valence-electron chi connectivity index (χ1n) is 6.82. The third-order valence-corrected chi connectivity index (χ3v) is 4.05. The second-order valence-corrected chi connectivity index (χ2v) is 5.57. The summed E-state index contributed by atoms with van der Waals surface area (Å²) in [5.41, 5.74) is 5.17. The molecule has 2 N–H and O–H groups in total. The van der Waals surface area contributed by atoms with E-state index in [9.17, 15) is 5.26 Å². The van der Waals surface area contributed by atoms with Crippen molar-refractivity contribution >= 4 is 0 Å². The van der Waals surface area contributed by atoms with Crippen molar-refractivity contribution in [2.75, 3.05) is 0 Å². The maximum Gasteiger partial charge on any atom is 0.167 e. The summed E-state index contributed by atoms with van der Waals surface area (Å²) in [6, 6.07) is 2.36. The minimum absolute atomic E-state index is 0.487. The molecule has 2 aliphatic rings. The zero-order chi connectivity index (χ0) is 12.2. The van der Waals surface area contributed by atoms with Crippen LogP contribution in [0, 0.1) is 11.3 Å². The van der Waals surface area contributed by atoms with Crippen LogP contribution in [-0.4, -0.2) is 11.2 Å². The van der Waals surface area contributed by atoms with E-state index in [1.807, 2.05) is 0 Å². The molecule has 0 spiro atoms. The van der Waals surface area contributed by atoms with Crippen molar-refractivity contribution in [3.63, 3.8) is 0 Å². The van der Waals surface area contributed by atoms with Crippen LogP contribution in [0.25, 0.3) is 0 Å². The van der Waals surface area contributed by atoms with Crippen molar-refractivity contribution in [2.24, 2.45) is 16.0 Å². The zero-order valence-electron chi connectivity index (χ0n) is 10.5. The number of hydrogen-bond donors (Lipinski definition) is 1. The molecule has 0 aliphatic heterocycles. The summed E-state index contributed by atoms with van der Waals surface area (Å²) in [6.07, 6.45) is 10.4. The fourth-order valence-electron chi connectivity index (χ4n) is 2.83. The fourth-order valence-corrected chi connectivity index (χ4v) is 2.83. The van der Waals surface area contributed by atoms with Crippen LogP contribution in [0.4, 0.5) is 0 Å². The van der Waals surface area contributed by atoms with Gasteiger partial charge >= 0.3 is 0 Å². The summed E-state index contributed by atoms with van der Waals surface area (Å²) in [5, 5.41) is 18.0. The van der Waals surface area contributed by atoms with Gasteiger partial charge < -0.3 is 5.73 Å². The molecule has 0 aromatic carbocycles. The Labute approximate surface area is 103 Å². The molecule has 0 radical (unpaired) electrons. The topological polar surface area (TPSA) is 74.5 Å². The third-order valence-electron chi connectivity index (χ3n) is 4.05. The standard InChI is InChI=1S/C13H22N4/c14-11-12(7-3-1-4-8-12)16-17-13(15)9-5-2-6-10-13/h1-10,15H2. The van der Waals surface area contributed by atoms with E-state index < -0.39 is 11.2 Å². The number of rotatable bonds is 2. The van der Waals surface area contributed by atoms with Gasteiger partial charge in [0.15, 0.2) is 5.54 Å². The number of hydrogen-bond acceptors (Lipinski definition) is 4. The first kappa shape index (κ1) is 12.5. The molecule has 0 aromatic rings. The van der Waals surface area contributed by atoms with Crippen LogP contribution < -0.4 is 5.73 Å². The molecule has 0 heterocycles. The van der Waals surface area contributed by atoms with E-state index in [2.05, 4.69) is 16.3 Å². The van der Waals surface area contributed by atoms with Crippen molar-refractivity contribution in [3.8, 4) is 6.07 Å². The Hall–Kier alpha value is -0.950. The van der Waals surface area contributed by atoms with Crippen LogP contribution >= 0.6 is 0 Å². The molecule has 4 heteroatoms. The van der Waals surface area contributed by atoms with Gasteiger partial charge in [0.05, 0.1) is 6.07 Å². The second-order valence-electron chi connectivity index (χ2n) is 5.57. The van der Waals surface area contributed by atoms with Crippen LogP contribution in [0.3, 0.4) is 0 Å². The molecule has 0 aromatic heterocycles. The predicted molar refractivity (Wildman–Crippen MR) is 66.3 cm³/mol. The van der Waals surface area contributed by atoms with E-state index in [0.717, 1.165) is 51.4 Å². The van der Waals surface area contributed by atoms with E-state index >= 15 is 0 Å². The zero-order valence-corrected chi connectivity index (χ0v) is 10.5. The average molecular weight is 234 g/mol. The fraction of sp³-hybridized carbons (Fsp3) is 0.923. The van der Waals surface area contributed by atoms with Gasteiger partial charge in [-0.15, -0.1) is 0 Å². The lowest BCUT2D eigenvalue weighted by Crippen LogP contribution is -2.40. The summed E-state index contributed by atoms with van der Waals surface area (Å²) in [7, 11) is 0. The largest absolute Gasteiger partial charge is 0.306 e. The van der Waals surface area contributed by atoms with Gasteiger partial charge in [-0.05, 0) is 51.4 Å². The van der Waals surface area contributed by atoms with Crippen molar-refractivity contribution in [1.82, 2.24) is 0 Å². The first-order chi connectivity index (χ1) is 8.18. The highest BCUT2D eigenvalue weighted by Crippen LogP contribution is 2.34. The molecule has 0 amide bonds. The third kappa shape index (κ3) is 3.04. The molecule has 94 valence electrons. The van der Waals surface area contributed by atoms with Crippen LogP contribution in [0.5, 0.6) is 0 Å². The lowest BCUT2D eigenvalue weighted by molar-refractivity contribution is 0.271. The number of nitrogens with zero attached hydrogens (tertiary/aromatic N) is 3. The van der Waals surface area contributed by atoms with E-state index in [1.54, 1.807) is 0 Å². The van der Waals surface area contributed by atoms with Crippen molar-refractivity contribution in [1.29, 1.82) is 5.26 Å². The van der Waals surface area contributed by atoms with Gasteiger partial charge in [-0.3, -0.25) is 0 Å². The van der Waals surface area contributed by atoms with Gasteiger partial charge in [0.2, 0.25) is 0 Å². The molecule has 4 nitrogen and oxygen atoms in total. The lowest BCUT2D eigenvalue weighted by atomic mass is 9.84. The molecule has 2 fully saturated rings. The van der Waals surface area contributed by atoms with Crippen LogP contribution in [0.2, 0.25) is 0 Å². The normalized spacial score (nSPS) is 27.8. The number of nitriles is 1. The molecular formula is C13H22N4. The predicted octanol–water partition coefficient (Wildman–Crippen LogP) is 3.28. The molecular weight excluding hydrogens is 212 g/mol. The highest BCUT2D eigenvalue weighted by atomic mass is 15.2. The van der Waals surface area contributed by atoms with E-state index in [4.69, 9.17) is 5.73 Å². The molecule has 0 unspecified atom stereocenters. The Bertz CT molecular complexity index is 317. The Morgan fingerprint density at radius 2 is 1.35 bits per heavy atom. The lowest BCUT2D eigenvalue weighted by Gasteiger charge is -2.31. The maximum atomic E-state index is 9.31. The minimum atomic E-state index is -0.567. The molecule has 17 heavy (non-hydrogen) atoms. The molecule has 0 bridgehead atoms. The van der Waals surface area contributed by atoms with Gasteiger partial charge in [0.1, 0.15) is 5.66 Å². The summed E-state index contributed by atoms with van der Waals surface area (Å²) >= 11 is 0. The summed E-state index contributed by atoms with van der Waals surface area (Å²) < 4.78 is 0. The minimum Gasteiger partial charge on any atom is -0.306 e. The SMILES string of the molecule is N#CC1(N=NC2(N)CCCCC2)CCCCC1. The Morgan fingerprint density at radius 3 is 1.88 bits per heavy atom. The molecule has 0 saturated heterocycles. The number of azo groups is 1. The highest BCUT2D eigenvalue weighted by molar-refractivity contribution is 5.08. The van der Waals surface area contributed by atoms with Crippen LogP contribution in [0.15, 0.2) is 10.2 Å². The summed E-state index contributed by atoms with van der Waals surface area (Å²) in [4.78, 5) is 0. The average Bonchev–Trinajstić information content (AvgIpc) is 2.39. The van der Waals surface area contributed by atoms with Crippen molar-refractivity contribution in [2.45, 2.75) is 75.4 Å². The second kappa shape index (κ2) is 5.14. The molecule has 2 saturated carbocycles. The Morgan fingerprint density at radius 1 is 0.824 bits per heavy atom. The number of nitrogens with two attached hydrogens (primary N) is 1. The van der Waals surface area contributed by atoms with Crippen molar-refractivity contribution < 1.29 is 0 Å². The van der Waals surface area contributed by atoms with Gasteiger partial charge in [-0.25, -0.2) is 0 Å². The smallest absolute Gasteiger partial charge is 0.167 e. The van der Waals surface area contributed by atoms with E-state index in [0.29, 0.717) is 0 Å². The van der Waals surface area contributed by atoms with E-state index in [-0.39, 0.29) is 0 Å². The quantitative estimate of drug-likeness (QED) is 0.744. The molecule has 0 atom stereocenters. The van der Waals surface area contributed by atoms with Gasteiger partial charge in [0, 0.05) is 0 Å². The maximum absolute atomic E-state index is 9.31. The Balaban J connectivity index is 2.04. The van der Waals surface area contributed by atoms with Gasteiger partial charge in [-0.2, -0.15) is 15.5 Å². The monoisotopic (exact) mass is 234 g/mol.